The number of hydrogen-bond acceptors (Lipinski definition) is 6. The van der Waals surface area contributed by atoms with Gasteiger partial charge < -0.3 is 19.3 Å². The lowest BCUT2D eigenvalue weighted by molar-refractivity contribution is -0.158. The molecule has 6 nitrogen and oxygen atoms in total. The zero-order valence-corrected chi connectivity index (χ0v) is 16.2. The summed E-state index contributed by atoms with van der Waals surface area (Å²) in [4.78, 5) is 24.7. The van der Waals surface area contributed by atoms with Gasteiger partial charge in [-0.2, -0.15) is 0 Å². The third-order valence-corrected chi connectivity index (χ3v) is 4.21. The molecule has 0 fully saturated rings. The van der Waals surface area contributed by atoms with Crippen LogP contribution in [0, 0.1) is 5.92 Å². The number of benzene rings is 1. The van der Waals surface area contributed by atoms with Crippen molar-refractivity contribution in [2.24, 2.45) is 5.92 Å². The molecule has 7 heteroatoms. The number of esters is 2. The molecule has 1 aliphatic heterocycles. The van der Waals surface area contributed by atoms with Crippen molar-refractivity contribution >= 4 is 33.9 Å². The Hall–Kier alpha value is -2.12. The van der Waals surface area contributed by atoms with E-state index in [4.69, 9.17) is 14.2 Å². The molecule has 0 bridgehead atoms. The number of halogens is 1. The van der Waals surface area contributed by atoms with Gasteiger partial charge in [0, 0.05) is 10.9 Å². The van der Waals surface area contributed by atoms with Crippen LogP contribution >= 0.6 is 15.9 Å². The van der Waals surface area contributed by atoms with E-state index in [1.165, 1.54) is 0 Å². The Bertz CT molecular complexity index is 707. The van der Waals surface area contributed by atoms with Crippen LogP contribution in [0.25, 0.3) is 6.08 Å². The Morgan fingerprint density at radius 2 is 1.85 bits per heavy atom. The van der Waals surface area contributed by atoms with Crippen molar-refractivity contribution in [3.05, 3.63) is 51.7 Å². The van der Waals surface area contributed by atoms with Crippen LogP contribution in [0.5, 0.6) is 0 Å². The van der Waals surface area contributed by atoms with E-state index in [-0.39, 0.29) is 31.0 Å². The summed E-state index contributed by atoms with van der Waals surface area (Å²) < 4.78 is 16.4. The van der Waals surface area contributed by atoms with Crippen molar-refractivity contribution in [1.29, 1.82) is 0 Å². The summed E-state index contributed by atoms with van der Waals surface area (Å²) in [7, 11) is 0. The Morgan fingerprint density at radius 3 is 2.46 bits per heavy atom. The largest absolute Gasteiger partial charge is 0.466 e. The smallest absolute Gasteiger partial charge is 0.338 e. The minimum atomic E-state index is -1.22. The van der Waals surface area contributed by atoms with Crippen molar-refractivity contribution in [3.63, 3.8) is 0 Å². The zero-order chi connectivity index (χ0) is 19.1. The number of carbonyl (C=O) groups is 2. The van der Waals surface area contributed by atoms with Gasteiger partial charge in [0.2, 0.25) is 0 Å². The molecule has 1 unspecified atom stereocenters. The number of hydrogen-bond donors (Lipinski definition) is 1. The standard InChI is InChI=1S/C19H21BrO6/c1-3-24-18(22)14-11-16(21)26-15(17(14)19(23)25-4-2)10-7-12-5-8-13(20)9-6-12/h5-10,14,16,21H,3-4,11H2,1-2H3/b10-7+/t14-,16?/m1/s1. The Kier molecular flexibility index (Phi) is 7.41. The average molecular weight is 425 g/mol. The van der Waals surface area contributed by atoms with E-state index >= 15 is 0 Å². The zero-order valence-electron chi connectivity index (χ0n) is 14.6. The second-order valence-electron chi connectivity index (χ2n) is 5.50. The molecule has 1 aromatic rings. The highest BCUT2D eigenvalue weighted by Gasteiger charge is 2.39. The lowest BCUT2D eigenvalue weighted by Crippen LogP contribution is -2.35. The normalized spacial score (nSPS) is 20.0. The van der Waals surface area contributed by atoms with Gasteiger partial charge in [-0.05, 0) is 37.6 Å². The summed E-state index contributed by atoms with van der Waals surface area (Å²) in [6.07, 6.45) is 1.99. The molecule has 0 saturated heterocycles. The topological polar surface area (TPSA) is 82.1 Å². The van der Waals surface area contributed by atoms with Crippen LogP contribution in [0.4, 0.5) is 0 Å². The van der Waals surface area contributed by atoms with E-state index in [9.17, 15) is 14.7 Å². The summed E-state index contributed by atoms with van der Waals surface area (Å²) in [6, 6.07) is 7.48. The van der Waals surface area contributed by atoms with Crippen LogP contribution in [0.1, 0.15) is 25.8 Å². The van der Waals surface area contributed by atoms with Crippen LogP contribution in [0.2, 0.25) is 0 Å². The van der Waals surface area contributed by atoms with Gasteiger partial charge in [-0.1, -0.05) is 34.1 Å². The third-order valence-electron chi connectivity index (χ3n) is 3.68. The van der Waals surface area contributed by atoms with Gasteiger partial charge >= 0.3 is 11.9 Å². The summed E-state index contributed by atoms with van der Waals surface area (Å²) in [6.45, 7) is 3.68. The van der Waals surface area contributed by atoms with Gasteiger partial charge in [0.05, 0.1) is 24.7 Å². The van der Waals surface area contributed by atoms with E-state index < -0.39 is 24.1 Å². The minimum absolute atomic E-state index is 0.0592. The summed E-state index contributed by atoms with van der Waals surface area (Å²) in [5.41, 5.74) is 0.921. The number of allylic oxidation sites excluding steroid dienone is 1. The molecule has 0 spiro atoms. The maximum Gasteiger partial charge on any atom is 0.338 e. The van der Waals surface area contributed by atoms with E-state index in [0.29, 0.717) is 0 Å². The van der Waals surface area contributed by atoms with Gasteiger partial charge in [0.25, 0.3) is 0 Å². The molecule has 2 rings (SSSR count). The van der Waals surface area contributed by atoms with E-state index in [1.807, 2.05) is 24.3 Å². The molecule has 1 aliphatic rings. The number of ether oxygens (including phenoxy) is 3. The summed E-state index contributed by atoms with van der Waals surface area (Å²) in [5.74, 6) is -2.09. The van der Waals surface area contributed by atoms with E-state index in [0.717, 1.165) is 10.0 Å². The van der Waals surface area contributed by atoms with Gasteiger partial charge in [0.15, 0.2) is 6.29 Å². The first-order valence-corrected chi connectivity index (χ1v) is 9.11. The quantitative estimate of drug-likeness (QED) is 0.706. The molecule has 1 N–H and O–H groups in total. The molecule has 1 heterocycles. The summed E-state index contributed by atoms with van der Waals surface area (Å²) >= 11 is 3.36. The molecule has 26 heavy (non-hydrogen) atoms. The first-order valence-electron chi connectivity index (χ1n) is 8.32. The Morgan fingerprint density at radius 1 is 1.19 bits per heavy atom. The first kappa shape index (κ1) is 20.2. The third kappa shape index (κ3) is 5.19. The van der Waals surface area contributed by atoms with Crippen molar-refractivity contribution in [1.82, 2.24) is 0 Å². The fourth-order valence-corrected chi connectivity index (χ4v) is 2.80. The Labute approximate surface area is 160 Å². The SMILES string of the molecule is CCOC(=O)C1=C(/C=C/c2ccc(Br)cc2)OC(O)C[C@H]1C(=O)OCC. The summed E-state index contributed by atoms with van der Waals surface area (Å²) in [5, 5.41) is 9.97. The number of carbonyl (C=O) groups excluding carboxylic acids is 2. The highest BCUT2D eigenvalue weighted by molar-refractivity contribution is 9.10. The maximum atomic E-state index is 12.4. The molecular weight excluding hydrogens is 404 g/mol. The van der Waals surface area contributed by atoms with Crippen LogP contribution in [-0.2, 0) is 23.8 Å². The second kappa shape index (κ2) is 9.54. The fraction of sp³-hybridized carbons (Fsp3) is 0.368. The average Bonchev–Trinajstić information content (AvgIpc) is 2.61. The van der Waals surface area contributed by atoms with Crippen molar-refractivity contribution in [2.75, 3.05) is 13.2 Å². The van der Waals surface area contributed by atoms with Gasteiger partial charge in [-0.15, -0.1) is 0 Å². The molecule has 0 aromatic heterocycles. The molecule has 0 saturated carbocycles. The number of aliphatic hydroxyl groups is 1. The van der Waals surface area contributed by atoms with Gasteiger partial charge in [0.1, 0.15) is 5.76 Å². The maximum absolute atomic E-state index is 12.4. The molecule has 2 atom stereocenters. The van der Waals surface area contributed by atoms with Crippen LogP contribution < -0.4 is 0 Å². The Balaban J connectivity index is 2.41. The van der Waals surface area contributed by atoms with Gasteiger partial charge in [-0.25, -0.2) is 4.79 Å². The number of rotatable bonds is 6. The van der Waals surface area contributed by atoms with E-state index in [1.54, 1.807) is 26.0 Å². The van der Waals surface area contributed by atoms with Crippen LogP contribution in [0.3, 0.4) is 0 Å². The lowest BCUT2D eigenvalue weighted by atomic mass is 9.91. The van der Waals surface area contributed by atoms with Crippen molar-refractivity contribution < 1.29 is 28.9 Å². The lowest BCUT2D eigenvalue weighted by Gasteiger charge is -2.28. The van der Waals surface area contributed by atoms with Gasteiger partial charge in [-0.3, -0.25) is 4.79 Å². The second-order valence-corrected chi connectivity index (χ2v) is 6.41. The predicted molar refractivity (Wildman–Crippen MR) is 98.7 cm³/mol. The molecule has 140 valence electrons. The highest BCUT2D eigenvalue weighted by atomic mass is 79.9. The molecular formula is C19H21BrO6. The minimum Gasteiger partial charge on any atom is -0.466 e. The molecule has 0 aliphatic carbocycles. The van der Waals surface area contributed by atoms with Crippen molar-refractivity contribution in [2.45, 2.75) is 26.6 Å². The number of aliphatic hydroxyl groups excluding tert-OH is 1. The van der Waals surface area contributed by atoms with Crippen LogP contribution in [0.15, 0.2) is 46.1 Å². The molecule has 0 radical (unpaired) electrons. The predicted octanol–water partition coefficient (Wildman–Crippen LogP) is 3.20. The first-order chi connectivity index (χ1) is 12.5. The fourth-order valence-electron chi connectivity index (χ4n) is 2.53. The van der Waals surface area contributed by atoms with E-state index in [2.05, 4.69) is 15.9 Å². The van der Waals surface area contributed by atoms with Crippen molar-refractivity contribution in [3.8, 4) is 0 Å². The molecule has 1 aromatic carbocycles. The monoisotopic (exact) mass is 424 g/mol. The molecule has 0 amide bonds. The highest BCUT2D eigenvalue weighted by Crippen LogP contribution is 2.32. The van der Waals surface area contributed by atoms with Crippen LogP contribution in [-0.4, -0.2) is 36.5 Å².